The second kappa shape index (κ2) is 6.43. The average Bonchev–Trinajstić information content (AvgIpc) is 2.98. The van der Waals surface area contributed by atoms with E-state index < -0.39 is 0 Å². The van der Waals surface area contributed by atoms with Crippen LogP contribution in [0.25, 0.3) is 0 Å². The molecular weight excluding hydrogens is 276 g/mol. The molecule has 4 heteroatoms. The summed E-state index contributed by atoms with van der Waals surface area (Å²) in [5, 5.41) is 19.6. The molecule has 1 unspecified atom stereocenters. The Morgan fingerprint density at radius 1 is 1.05 bits per heavy atom. The Morgan fingerprint density at radius 3 is 2.55 bits per heavy atom. The third kappa shape index (κ3) is 3.17. The van der Waals surface area contributed by atoms with E-state index in [1.807, 2.05) is 30.3 Å². The van der Waals surface area contributed by atoms with Crippen molar-refractivity contribution < 1.29 is 10.2 Å². The molecule has 1 heterocycles. The van der Waals surface area contributed by atoms with Crippen molar-refractivity contribution in [3.05, 3.63) is 59.7 Å². The van der Waals surface area contributed by atoms with E-state index in [1.54, 1.807) is 24.4 Å². The van der Waals surface area contributed by atoms with Crippen molar-refractivity contribution in [1.29, 1.82) is 0 Å². The van der Waals surface area contributed by atoms with Crippen molar-refractivity contribution in [3.8, 4) is 11.5 Å². The fourth-order valence-electron chi connectivity index (χ4n) is 2.58. The highest BCUT2D eigenvalue weighted by Gasteiger charge is 2.19. The lowest BCUT2D eigenvalue weighted by Crippen LogP contribution is -2.04. The van der Waals surface area contributed by atoms with Gasteiger partial charge in [0, 0.05) is 23.1 Å². The molecule has 0 saturated carbocycles. The molecule has 4 nitrogen and oxygen atoms in total. The van der Waals surface area contributed by atoms with Gasteiger partial charge in [0.05, 0.1) is 12.6 Å². The van der Waals surface area contributed by atoms with E-state index in [0.717, 1.165) is 24.1 Å². The normalized spacial score (nSPS) is 17.8. The number of hydrogen-bond acceptors (Lipinski definition) is 4. The van der Waals surface area contributed by atoms with E-state index in [9.17, 15) is 10.2 Å². The molecule has 0 amide bonds. The molecule has 0 saturated heterocycles. The molecule has 22 heavy (non-hydrogen) atoms. The zero-order valence-electron chi connectivity index (χ0n) is 12.2. The summed E-state index contributed by atoms with van der Waals surface area (Å²) in [6, 6.07) is 14.5. The number of aromatic hydroxyl groups is 2. The first-order valence-electron chi connectivity index (χ1n) is 7.37. The molecule has 0 aliphatic carbocycles. The summed E-state index contributed by atoms with van der Waals surface area (Å²) in [4.78, 5) is 9.03. The van der Waals surface area contributed by atoms with E-state index in [0.29, 0.717) is 12.1 Å². The van der Waals surface area contributed by atoms with Crippen LogP contribution in [0.3, 0.4) is 0 Å². The molecule has 0 bridgehead atoms. The largest absolute Gasteiger partial charge is 0.507 e. The average molecular weight is 294 g/mol. The molecule has 1 aliphatic rings. The lowest BCUT2D eigenvalue weighted by atomic mass is 10.1. The predicted molar refractivity (Wildman–Crippen MR) is 88.2 cm³/mol. The number of para-hydroxylation sites is 2. The number of benzene rings is 2. The molecule has 0 radical (unpaired) electrons. The molecular formula is C18H18N2O2. The van der Waals surface area contributed by atoms with Gasteiger partial charge in [0.1, 0.15) is 11.5 Å². The van der Waals surface area contributed by atoms with Crippen LogP contribution in [-0.4, -0.2) is 34.7 Å². The molecule has 112 valence electrons. The highest BCUT2D eigenvalue weighted by Crippen LogP contribution is 2.24. The summed E-state index contributed by atoms with van der Waals surface area (Å²) >= 11 is 0. The quantitative estimate of drug-likeness (QED) is 0.851. The number of nitrogens with zero attached hydrogens (tertiary/aromatic N) is 2. The number of phenolic OH excluding ortho intramolecular Hbond substituents is 2. The first-order valence-corrected chi connectivity index (χ1v) is 7.37. The Morgan fingerprint density at radius 2 is 1.77 bits per heavy atom. The third-order valence-corrected chi connectivity index (χ3v) is 3.75. The Kier molecular flexibility index (Phi) is 4.19. The standard InChI is InChI=1S/C18H18N2O2/c21-17-7-3-1-5-13(17)11-19-12-14-9-10-16(20-14)15-6-2-4-8-18(15)22/h1-8,11,14,21-22H,9-10,12H2. The maximum Gasteiger partial charge on any atom is 0.124 e. The van der Waals surface area contributed by atoms with Gasteiger partial charge in [0.2, 0.25) is 0 Å². The monoisotopic (exact) mass is 294 g/mol. The third-order valence-electron chi connectivity index (χ3n) is 3.75. The van der Waals surface area contributed by atoms with Crippen LogP contribution in [-0.2, 0) is 0 Å². The van der Waals surface area contributed by atoms with Gasteiger partial charge >= 0.3 is 0 Å². The van der Waals surface area contributed by atoms with Gasteiger partial charge in [-0.25, -0.2) is 0 Å². The van der Waals surface area contributed by atoms with Gasteiger partial charge in [-0.3, -0.25) is 9.98 Å². The minimum atomic E-state index is 0.136. The number of aliphatic imine (C=N–C) groups is 2. The summed E-state index contributed by atoms with van der Waals surface area (Å²) in [6.45, 7) is 0.589. The van der Waals surface area contributed by atoms with Crippen LogP contribution in [0.15, 0.2) is 58.5 Å². The lowest BCUT2D eigenvalue weighted by molar-refractivity contribution is 0.473. The summed E-state index contributed by atoms with van der Waals surface area (Å²) in [7, 11) is 0. The first-order chi connectivity index (χ1) is 10.7. The van der Waals surface area contributed by atoms with Crippen LogP contribution in [0, 0.1) is 0 Å². The van der Waals surface area contributed by atoms with Gasteiger partial charge in [-0.1, -0.05) is 24.3 Å². The predicted octanol–water partition coefficient (Wildman–Crippen LogP) is 3.17. The molecule has 0 fully saturated rings. The molecule has 2 aromatic carbocycles. The fourth-order valence-corrected chi connectivity index (χ4v) is 2.58. The van der Waals surface area contributed by atoms with Crippen molar-refractivity contribution in [2.24, 2.45) is 9.98 Å². The highest BCUT2D eigenvalue weighted by atomic mass is 16.3. The Hall–Kier alpha value is -2.62. The van der Waals surface area contributed by atoms with E-state index in [1.165, 1.54) is 0 Å². The zero-order chi connectivity index (χ0) is 15.4. The van der Waals surface area contributed by atoms with E-state index in [4.69, 9.17) is 0 Å². The Labute approximate surface area is 129 Å². The van der Waals surface area contributed by atoms with Gasteiger partial charge in [-0.05, 0) is 37.1 Å². The maximum atomic E-state index is 9.87. The molecule has 2 N–H and O–H groups in total. The van der Waals surface area contributed by atoms with Gasteiger partial charge in [-0.15, -0.1) is 0 Å². The SMILES string of the molecule is Oc1ccccc1C=NCC1CCC(c2ccccc2O)=N1. The lowest BCUT2D eigenvalue weighted by Gasteiger charge is -2.03. The molecule has 2 aromatic rings. The number of hydrogen-bond donors (Lipinski definition) is 2. The van der Waals surface area contributed by atoms with Crippen molar-refractivity contribution in [2.75, 3.05) is 6.54 Å². The van der Waals surface area contributed by atoms with Crippen molar-refractivity contribution in [3.63, 3.8) is 0 Å². The first kappa shape index (κ1) is 14.3. The molecule has 3 rings (SSSR count). The van der Waals surface area contributed by atoms with E-state index in [2.05, 4.69) is 9.98 Å². The second-order valence-corrected chi connectivity index (χ2v) is 5.34. The Balaban J connectivity index is 1.66. The second-order valence-electron chi connectivity index (χ2n) is 5.34. The van der Waals surface area contributed by atoms with Gasteiger partial charge in [-0.2, -0.15) is 0 Å². The van der Waals surface area contributed by atoms with Crippen molar-refractivity contribution >= 4 is 11.9 Å². The summed E-state index contributed by atoms with van der Waals surface area (Å²) in [5.41, 5.74) is 2.47. The smallest absolute Gasteiger partial charge is 0.124 e. The molecule has 0 aromatic heterocycles. The van der Waals surface area contributed by atoms with Crippen LogP contribution in [0.2, 0.25) is 0 Å². The van der Waals surface area contributed by atoms with Crippen LogP contribution in [0.5, 0.6) is 11.5 Å². The minimum absolute atomic E-state index is 0.136. The number of phenols is 2. The summed E-state index contributed by atoms with van der Waals surface area (Å²) in [5.74, 6) is 0.510. The van der Waals surface area contributed by atoms with Crippen LogP contribution < -0.4 is 0 Å². The highest BCUT2D eigenvalue weighted by molar-refractivity contribution is 6.03. The minimum Gasteiger partial charge on any atom is -0.507 e. The Bertz CT molecular complexity index is 723. The topological polar surface area (TPSA) is 65.2 Å². The van der Waals surface area contributed by atoms with Crippen molar-refractivity contribution in [2.45, 2.75) is 18.9 Å². The van der Waals surface area contributed by atoms with Gasteiger partial charge in [0.15, 0.2) is 0 Å². The summed E-state index contributed by atoms with van der Waals surface area (Å²) < 4.78 is 0. The van der Waals surface area contributed by atoms with Crippen LogP contribution >= 0.6 is 0 Å². The zero-order valence-corrected chi connectivity index (χ0v) is 12.2. The van der Waals surface area contributed by atoms with Gasteiger partial charge < -0.3 is 10.2 Å². The van der Waals surface area contributed by atoms with Crippen molar-refractivity contribution in [1.82, 2.24) is 0 Å². The molecule has 1 atom stereocenters. The van der Waals surface area contributed by atoms with Gasteiger partial charge in [0.25, 0.3) is 0 Å². The van der Waals surface area contributed by atoms with Crippen LogP contribution in [0.4, 0.5) is 0 Å². The molecule has 1 aliphatic heterocycles. The maximum absolute atomic E-state index is 9.87. The fraction of sp³-hybridized carbons (Fsp3) is 0.222. The van der Waals surface area contributed by atoms with E-state index in [-0.39, 0.29) is 17.5 Å². The van der Waals surface area contributed by atoms with E-state index >= 15 is 0 Å². The molecule has 0 spiro atoms. The number of rotatable bonds is 4. The summed E-state index contributed by atoms with van der Waals surface area (Å²) in [6.07, 6.45) is 3.47. The van der Waals surface area contributed by atoms with Crippen LogP contribution in [0.1, 0.15) is 24.0 Å².